The Labute approximate surface area is 86.7 Å². The van der Waals surface area contributed by atoms with Crippen molar-refractivity contribution in [1.82, 2.24) is 4.90 Å². The lowest BCUT2D eigenvalue weighted by Gasteiger charge is -2.35. The highest BCUT2D eigenvalue weighted by Crippen LogP contribution is 2.16. The van der Waals surface area contributed by atoms with Gasteiger partial charge in [0.05, 0.1) is 0 Å². The summed E-state index contributed by atoms with van der Waals surface area (Å²) in [6, 6.07) is 10.5. The van der Waals surface area contributed by atoms with Crippen LogP contribution in [0.3, 0.4) is 0 Å². The average Bonchev–Trinajstić information content (AvgIpc) is 2.19. The molecule has 0 saturated heterocycles. The summed E-state index contributed by atoms with van der Waals surface area (Å²) >= 11 is 0. The van der Waals surface area contributed by atoms with Crippen LogP contribution in [0.4, 0.5) is 0 Å². The number of likely N-dealkylation sites (N-methyl/N-ethyl adjacent to an activating group) is 1. The van der Waals surface area contributed by atoms with Crippen molar-refractivity contribution >= 4 is 0 Å². The summed E-state index contributed by atoms with van der Waals surface area (Å²) in [6.45, 7) is 2.87. The molecule has 0 radical (unpaired) electrons. The highest BCUT2D eigenvalue weighted by molar-refractivity contribution is 5.17. The first-order valence-electron chi connectivity index (χ1n) is 5.00. The largest absolute Gasteiger partial charge is 0.329 e. The minimum Gasteiger partial charge on any atom is -0.329 e. The van der Waals surface area contributed by atoms with E-state index in [-0.39, 0.29) is 5.54 Å². The molecule has 1 rings (SSSR count). The van der Waals surface area contributed by atoms with Crippen LogP contribution >= 0.6 is 0 Å². The van der Waals surface area contributed by atoms with Gasteiger partial charge < -0.3 is 10.6 Å². The minimum atomic E-state index is 0.0569. The predicted molar refractivity (Wildman–Crippen MR) is 61.3 cm³/mol. The smallest absolute Gasteiger partial charge is 0.0337 e. The zero-order valence-electron chi connectivity index (χ0n) is 9.33. The van der Waals surface area contributed by atoms with Crippen LogP contribution in [0.2, 0.25) is 0 Å². The lowest BCUT2D eigenvalue weighted by molar-refractivity contribution is 0.181. The normalized spacial score (nSPS) is 15.5. The van der Waals surface area contributed by atoms with E-state index in [0.717, 1.165) is 6.42 Å². The summed E-state index contributed by atoms with van der Waals surface area (Å²) in [4.78, 5) is 2.19. The van der Waals surface area contributed by atoms with Crippen LogP contribution in [0.15, 0.2) is 30.3 Å². The van der Waals surface area contributed by atoms with E-state index >= 15 is 0 Å². The highest BCUT2D eigenvalue weighted by Gasteiger charge is 2.24. The van der Waals surface area contributed by atoms with Crippen molar-refractivity contribution in [2.75, 3.05) is 20.6 Å². The van der Waals surface area contributed by atoms with E-state index < -0.39 is 0 Å². The van der Waals surface area contributed by atoms with Gasteiger partial charge in [-0.15, -0.1) is 0 Å². The first kappa shape index (κ1) is 11.2. The predicted octanol–water partition coefficient (Wildman–Crippen LogP) is 1.51. The van der Waals surface area contributed by atoms with E-state index in [9.17, 15) is 0 Å². The molecule has 0 spiro atoms. The van der Waals surface area contributed by atoms with Gasteiger partial charge in [0.25, 0.3) is 0 Å². The fourth-order valence-corrected chi connectivity index (χ4v) is 1.45. The molecule has 2 nitrogen and oxygen atoms in total. The van der Waals surface area contributed by atoms with Gasteiger partial charge in [0.2, 0.25) is 0 Å². The van der Waals surface area contributed by atoms with Crippen molar-refractivity contribution in [2.24, 2.45) is 5.73 Å². The van der Waals surface area contributed by atoms with E-state index in [1.807, 2.05) is 6.07 Å². The Morgan fingerprint density at radius 2 is 1.79 bits per heavy atom. The molecule has 0 bridgehead atoms. The maximum Gasteiger partial charge on any atom is 0.0337 e. The molecule has 78 valence electrons. The van der Waals surface area contributed by atoms with Crippen molar-refractivity contribution in [3.63, 3.8) is 0 Å². The van der Waals surface area contributed by atoms with E-state index in [1.54, 1.807) is 0 Å². The lowest BCUT2D eigenvalue weighted by atomic mass is 9.92. The van der Waals surface area contributed by atoms with Gasteiger partial charge in [-0.25, -0.2) is 0 Å². The summed E-state index contributed by atoms with van der Waals surface area (Å²) in [6.07, 6.45) is 0.997. The van der Waals surface area contributed by atoms with Gasteiger partial charge >= 0.3 is 0 Å². The SMILES string of the molecule is CN(C)C(C)(CN)Cc1ccccc1. The fourth-order valence-electron chi connectivity index (χ4n) is 1.45. The molecular weight excluding hydrogens is 172 g/mol. The number of hydrogen-bond acceptors (Lipinski definition) is 2. The second kappa shape index (κ2) is 4.58. The molecule has 1 unspecified atom stereocenters. The summed E-state index contributed by atoms with van der Waals surface area (Å²) in [7, 11) is 4.16. The van der Waals surface area contributed by atoms with Gasteiger partial charge in [-0.3, -0.25) is 0 Å². The van der Waals surface area contributed by atoms with Crippen molar-refractivity contribution < 1.29 is 0 Å². The molecule has 1 aromatic rings. The second-order valence-corrected chi connectivity index (χ2v) is 4.26. The van der Waals surface area contributed by atoms with Gasteiger partial charge in [-0.2, -0.15) is 0 Å². The fraction of sp³-hybridized carbons (Fsp3) is 0.500. The third-order valence-corrected chi connectivity index (χ3v) is 2.95. The Morgan fingerprint density at radius 3 is 2.21 bits per heavy atom. The molecule has 0 aromatic heterocycles. The van der Waals surface area contributed by atoms with Gasteiger partial charge in [0.1, 0.15) is 0 Å². The highest BCUT2D eigenvalue weighted by atomic mass is 15.1. The molecule has 1 atom stereocenters. The maximum atomic E-state index is 5.81. The Hall–Kier alpha value is -0.860. The zero-order valence-corrected chi connectivity index (χ0v) is 9.33. The van der Waals surface area contributed by atoms with Crippen molar-refractivity contribution in [3.05, 3.63) is 35.9 Å². The van der Waals surface area contributed by atoms with E-state index in [2.05, 4.69) is 50.2 Å². The van der Waals surface area contributed by atoms with Gasteiger partial charge in [-0.05, 0) is 33.0 Å². The maximum absolute atomic E-state index is 5.81. The van der Waals surface area contributed by atoms with Crippen LogP contribution in [0.5, 0.6) is 0 Å². The van der Waals surface area contributed by atoms with Crippen molar-refractivity contribution in [3.8, 4) is 0 Å². The molecule has 2 heteroatoms. The second-order valence-electron chi connectivity index (χ2n) is 4.26. The molecule has 14 heavy (non-hydrogen) atoms. The number of nitrogens with two attached hydrogens (primary N) is 1. The minimum absolute atomic E-state index is 0.0569. The third-order valence-electron chi connectivity index (χ3n) is 2.95. The number of rotatable bonds is 4. The van der Waals surface area contributed by atoms with Crippen LogP contribution in [0, 0.1) is 0 Å². The van der Waals surface area contributed by atoms with Gasteiger partial charge in [0.15, 0.2) is 0 Å². The lowest BCUT2D eigenvalue weighted by Crippen LogP contribution is -2.49. The molecule has 0 aliphatic rings. The average molecular weight is 192 g/mol. The monoisotopic (exact) mass is 192 g/mol. The molecule has 0 heterocycles. The third kappa shape index (κ3) is 2.56. The Bertz CT molecular complexity index is 269. The first-order chi connectivity index (χ1) is 6.58. The molecule has 1 aromatic carbocycles. The molecule has 0 aliphatic heterocycles. The summed E-state index contributed by atoms with van der Waals surface area (Å²) in [5.41, 5.74) is 7.21. The topological polar surface area (TPSA) is 29.3 Å². The van der Waals surface area contributed by atoms with E-state index in [0.29, 0.717) is 6.54 Å². The molecular formula is C12H20N2. The zero-order chi connectivity index (χ0) is 10.6. The quantitative estimate of drug-likeness (QED) is 0.783. The standard InChI is InChI=1S/C12H20N2/c1-12(10-13,14(2)3)9-11-7-5-4-6-8-11/h4-8H,9-10,13H2,1-3H3. The number of nitrogens with zero attached hydrogens (tertiary/aromatic N) is 1. The summed E-state index contributed by atoms with van der Waals surface area (Å²) in [5, 5.41) is 0. The molecule has 2 N–H and O–H groups in total. The van der Waals surface area contributed by atoms with Crippen LogP contribution < -0.4 is 5.73 Å². The van der Waals surface area contributed by atoms with Crippen molar-refractivity contribution in [2.45, 2.75) is 18.9 Å². The van der Waals surface area contributed by atoms with Crippen LogP contribution in [0.25, 0.3) is 0 Å². The summed E-state index contributed by atoms with van der Waals surface area (Å²) in [5.74, 6) is 0. The Balaban J connectivity index is 2.76. The van der Waals surface area contributed by atoms with Crippen LogP contribution in [0.1, 0.15) is 12.5 Å². The van der Waals surface area contributed by atoms with E-state index in [1.165, 1.54) is 5.56 Å². The summed E-state index contributed by atoms with van der Waals surface area (Å²) < 4.78 is 0. The van der Waals surface area contributed by atoms with Crippen LogP contribution in [-0.2, 0) is 6.42 Å². The van der Waals surface area contributed by atoms with Crippen molar-refractivity contribution in [1.29, 1.82) is 0 Å². The van der Waals surface area contributed by atoms with Gasteiger partial charge in [-0.1, -0.05) is 30.3 Å². The molecule has 0 aliphatic carbocycles. The number of benzene rings is 1. The van der Waals surface area contributed by atoms with E-state index in [4.69, 9.17) is 5.73 Å². The Morgan fingerprint density at radius 1 is 1.21 bits per heavy atom. The molecule has 0 fully saturated rings. The van der Waals surface area contributed by atoms with Gasteiger partial charge in [0, 0.05) is 12.1 Å². The molecule has 0 amide bonds. The molecule has 0 saturated carbocycles. The Kier molecular flexibility index (Phi) is 3.67. The first-order valence-corrected chi connectivity index (χ1v) is 5.00. The number of hydrogen-bond donors (Lipinski definition) is 1. The van der Waals surface area contributed by atoms with Crippen LogP contribution in [-0.4, -0.2) is 31.1 Å².